The first-order valence-electron chi connectivity index (χ1n) is 9.68. The van der Waals surface area contributed by atoms with Gasteiger partial charge in [-0.1, -0.05) is 20.8 Å². The highest BCUT2D eigenvalue weighted by molar-refractivity contribution is 14.0. The van der Waals surface area contributed by atoms with E-state index in [1.165, 1.54) is 12.8 Å². The molecule has 2 N–H and O–H groups in total. The van der Waals surface area contributed by atoms with Gasteiger partial charge < -0.3 is 15.5 Å². The molecular formula is C19H42IN5. The van der Waals surface area contributed by atoms with E-state index in [-0.39, 0.29) is 24.0 Å². The molecule has 1 aliphatic rings. The Hall–Kier alpha value is -0.0800. The molecule has 0 aliphatic carbocycles. The third-order valence-corrected chi connectivity index (χ3v) is 4.73. The summed E-state index contributed by atoms with van der Waals surface area (Å²) in [5.41, 5.74) is 0.390. The van der Waals surface area contributed by atoms with Gasteiger partial charge in [0.15, 0.2) is 5.96 Å². The Morgan fingerprint density at radius 2 is 1.72 bits per heavy atom. The lowest BCUT2D eigenvalue weighted by atomic mass is 9.89. The maximum absolute atomic E-state index is 4.83. The minimum absolute atomic E-state index is 0. The Kier molecular flexibility index (Phi) is 12.3. The number of likely N-dealkylation sites (N-methyl/N-ethyl adjacent to an activating group) is 1. The van der Waals surface area contributed by atoms with Crippen molar-refractivity contribution in [3.05, 3.63) is 0 Å². The van der Waals surface area contributed by atoms with Gasteiger partial charge in [0.25, 0.3) is 0 Å². The molecular weight excluding hydrogens is 425 g/mol. The topological polar surface area (TPSA) is 42.9 Å². The van der Waals surface area contributed by atoms with E-state index in [1.807, 2.05) is 0 Å². The largest absolute Gasteiger partial charge is 0.357 e. The molecule has 1 saturated heterocycles. The second-order valence-corrected chi connectivity index (χ2v) is 8.55. The van der Waals surface area contributed by atoms with Gasteiger partial charge in [-0.15, -0.1) is 24.0 Å². The number of piperazine rings is 1. The van der Waals surface area contributed by atoms with E-state index in [0.29, 0.717) is 17.5 Å². The van der Waals surface area contributed by atoms with E-state index in [2.05, 4.69) is 69.0 Å². The average Bonchev–Trinajstić information content (AvgIpc) is 2.50. The van der Waals surface area contributed by atoms with Gasteiger partial charge in [-0.05, 0) is 46.1 Å². The minimum atomic E-state index is 0. The number of guanidine groups is 1. The van der Waals surface area contributed by atoms with Crippen molar-refractivity contribution in [1.82, 2.24) is 20.4 Å². The molecule has 1 aliphatic heterocycles. The Morgan fingerprint density at radius 3 is 2.24 bits per heavy atom. The van der Waals surface area contributed by atoms with Crippen LogP contribution in [0.3, 0.4) is 0 Å². The van der Waals surface area contributed by atoms with Gasteiger partial charge in [0.05, 0.1) is 6.54 Å². The summed E-state index contributed by atoms with van der Waals surface area (Å²) in [6, 6.07) is 0.944. The lowest BCUT2D eigenvalue weighted by Crippen LogP contribution is -2.49. The van der Waals surface area contributed by atoms with Crippen molar-refractivity contribution in [3.63, 3.8) is 0 Å². The monoisotopic (exact) mass is 467 g/mol. The first-order chi connectivity index (χ1) is 11.2. The fraction of sp³-hybridized carbons (Fsp3) is 0.947. The molecule has 25 heavy (non-hydrogen) atoms. The Labute approximate surface area is 173 Å². The maximum Gasteiger partial charge on any atom is 0.191 e. The van der Waals surface area contributed by atoms with Gasteiger partial charge in [-0.2, -0.15) is 0 Å². The zero-order valence-electron chi connectivity index (χ0n) is 17.6. The van der Waals surface area contributed by atoms with Crippen LogP contribution in [0.4, 0.5) is 0 Å². The average molecular weight is 467 g/mol. The third-order valence-electron chi connectivity index (χ3n) is 4.73. The predicted octanol–water partition coefficient (Wildman–Crippen LogP) is 3.01. The van der Waals surface area contributed by atoms with E-state index < -0.39 is 0 Å². The lowest BCUT2D eigenvalue weighted by Gasteiger charge is -2.36. The number of rotatable bonds is 7. The second-order valence-electron chi connectivity index (χ2n) is 8.55. The van der Waals surface area contributed by atoms with Gasteiger partial charge in [0.2, 0.25) is 0 Å². The van der Waals surface area contributed by atoms with E-state index in [9.17, 15) is 0 Å². The predicted molar refractivity (Wildman–Crippen MR) is 121 cm³/mol. The molecule has 0 saturated carbocycles. The summed E-state index contributed by atoms with van der Waals surface area (Å²) in [5, 5.41) is 6.96. The Bertz CT molecular complexity index is 373. The van der Waals surface area contributed by atoms with Crippen molar-refractivity contribution >= 4 is 29.9 Å². The van der Waals surface area contributed by atoms with Crippen molar-refractivity contribution in [2.45, 2.75) is 66.5 Å². The van der Waals surface area contributed by atoms with E-state index in [0.717, 1.165) is 45.2 Å². The molecule has 1 rings (SSSR count). The van der Waals surface area contributed by atoms with Gasteiger partial charge in [-0.3, -0.25) is 9.89 Å². The van der Waals surface area contributed by atoms with Gasteiger partial charge in [0, 0.05) is 44.8 Å². The first kappa shape index (κ1) is 24.9. The summed E-state index contributed by atoms with van der Waals surface area (Å²) in [7, 11) is 2.20. The van der Waals surface area contributed by atoms with Crippen molar-refractivity contribution in [2.75, 3.05) is 46.3 Å². The summed E-state index contributed by atoms with van der Waals surface area (Å²) in [5.74, 6) is 0.958. The van der Waals surface area contributed by atoms with E-state index in [4.69, 9.17) is 4.99 Å². The molecule has 0 aromatic heterocycles. The standard InChI is InChI=1S/C19H41N5.HI/c1-8-20-18(22-16(2)9-10-19(4,5)6)21-15-17(3)24-13-11-23(7)12-14-24;/h16-17H,8-15H2,1-7H3,(H2,20,21,22);1H. The van der Waals surface area contributed by atoms with Gasteiger partial charge >= 0.3 is 0 Å². The fourth-order valence-corrected chi connectivity index (χ4v) is 2.88. The van der Waals surface area contributed by atoms with Crippen LogP contribution in [0.25, 0.3) is 0 Å². The van der Waals surface area contributed by atoms with Gasteiger partial charge in [-0.25, -0.2) is 0 Å². The second kappa shape index (κ2) is 12.3. The van der Waals surface area contributed by atoms with Crippen LogP contribution >= 0.6 is 24.0 Å². The molecule has 6 heteroatoms. The smallest absolute Gasteiger partial charge is 0.191 e. The van der Waals surface area contributed by atoms with E-state index in [1.54, 1.807) is 0 Å². The maximum atomic E-state index is 4.83. The van der Waals surface area contributed by atoms with Crippen LogP contribution in [0.2, 0.25) is 0 Å². The van der Waals surface area contributed by atoms with Crippen LogP contribution in [0.15, 0.2) is 4.99 Å². The van der Waals surface area contributed by atoms with Crippen LogP contribution in [0.5, 0.6) is 0 Å². The summed E-state index contributed by atoms with van der Waals surface area (Å²) in [6.45, 7) is 20.0. The van der Waals surface area contributed by atoms with Crippen LogP contribution in [-0.4, -0.2) is 74.2 Å². The summed E-state index contributed by atoms with van der Waals surface area (Å²) < 4.78 is 0. The van der Waals surface area contributed by atoms with Crippen LogP contribution in [0.1, 0.15) is 54.4 Å². The van der Waals surface area contributed by atoms with Crippen molar-refractivity contribution in [1.29, 1.82) is 0 Å². The molecule has 2 atom stereocenters. The number of halogens is 1. The summed E-state index contributed by atoms with van der Waals surface area (Å²) in [6.07, 6.45) is 2.39. The zero-order valence-corrected chi connectivity index (χ0v) is 19.9. The molecule has 0 spiro atoms. The lowest BCUT2D eigenvalue weighted by molar-refractivity contribution is 0.122. The van der Waals surface area contributed by atoms with Crippen molar-refractivity contribution in [3.8, 4) is 0 Å². The van der Waals surface area contributed by atoms with Crippen LogP contribution in [-0.2, 0) is 0 Å². The van der Waals surface area contributed by atoms with Gasteiger partial charge in [0.1, 0.15) is 0 Å². The Balaban J connectivity index is 0.00000576. The Morgan fingerprint density at radius 1 is 1.12 bits per heavy atom. The van der Waals surface area contributed by atoms with E-state index >= 15 is 0 Å². The highest BCUT2D eigenvalue weighted by Gasteiger charge is 2.19. The molecule has 0 bridgehead atoms. The SMILES string of the molecule is CCNC(=NCC(C)N1CCN(C)CC1)NC(C)CCC(C)(C)C.I. The first-order valence-corrected chi connectivity index (χ1v) is 9.68. The summed E-state index contributed by atoms with van der Waals surface area (Å²) in [4.78, 5) is 9.78. The van der Waals surface area contributed by atoms with Crippen molar-refractivity contribution in [2.24, 2.45) is 10.4 Å². The van der Waals surface area contributed by atoms with Crippen molar-refractivity contribution < 1.29 is 0 Å². The number of hydrogen-bond donors (Lipinski definition) is 2. The molecule has 2 unspecified atom stereocenters. The molecule has 0 aromatic rings. The molecule has 0 aromatic carbocycles. The highest BCUT2D eigenvalue weighted by atomic mass is 127. The minimum Gasteiger partial charge on any atom is -0.357 e. The number of aliphatic imine (C=N–C) groups is 1. The van der Waals surface area contributed by atoms with Crippen LogP contribution < -0.4 is 10.6 Å². The molecule has 0 radical (unpaired) electrons. The normalized spacial score (nSPS) is 19.9. The highest BCUT2D eigenvalue weighted by Crippen LogP contribution is 2.21. The fourth-order valence-electron chi connectivity index (χ4n) is 2.88. The molecule has 1 fully saturated rings. The van der Waals surface area contributed by atoms with Crippen LogP contribution in [0, 0.1) is 5.41 Å². The molecule has 5 nitrogen and oxygen atoms in total. The molecule has 0 amide bonds. The zero-order chi connectivity index (χ0) is 18.2. The molecule has 1 heterocycles. The third kappa shape index (κ3) is 11.3. The summed E-state index contributed by atoms with van der Waals surface area (Å²) >= 11 is 0. The number of hydrogen-bond acceptors (Lipinski definition) is 3. The molecule has 150 valence electrons. The number of nitrogens with one attached hydrogen (secondary N) is 2. The number of nitrogens with zero attached hydrogens (tertiary/aromatic N) is 3. The quantitative estimate of drug-likeness (QED) is 0.343.